The lowest BCUT2D eigenvalue weighted by Crippen LogP contribution is -2.38. The maximum atomic E-state index is 12.4. The van der Waals surface area contributed by atoms with E-state index in [4.69, 9.17) is 10.8 Å². The number of anilines is 2. The molecule has 3 N–H and O–H groups in total. The van der Waals surface area contributed by atoms with Crippen LogP contribution < -0.4 is 10.6 Å². The number of carbonyl (C=O) groups is 1. The molecule has 0 radical (unpaired) electrons. The number of benzene rings is 1. The number of rotatable bonds is 4. The standard InChI is InChI=1S/C13H21N3O2/c1-9(8-17)16(4)13(18)11-7-10(14)5-6-12(11)15(2)3/h5-7,9,17H,8,14H2,1-4H3. The molecule has 0 aliphatic heterocycles. The second kappa shape index (κ2) is 5.73. The summed E-state index contributed by atoms with van der Waals surface area (Å²) in [5.74, 6) is -0.146. The van der Waals surface area contributed by atoms with Crippen molar-refractivity contribution < 1.29 is 9.90 Å². The van der Waals surface area contributed by atoms with Gasteiger partial charge in [0, 0.05) is 32.5 Å². The normalized spacial score (nSPS) is 12.1. The highest BCUT2D eigenvalue weighted by atomic mass is 16.3. The summed E-state index contributed by atoms with van der Waals surface area (Å²) in [5, 5.41) is 9.11. The first-order valence-electron chi connectivity index (χ1n) is 5.83. The number of likely N-dealkylation sites (N-methyl/N-ethyl adjacent to an activating group) is 1. The summed E-state index contributed by atoms with van der Waals surface area (Å²) in [6.07, 6.45) is 0. The van der Waals surface area contributed by atoms with Crippen molar-refractivity contribution in [3.05, 3.63) is 23.8 Å². The summed E-state index contributed by atoms with van der Waals surface area (Å²) in [7, 11) is 5.42. The van der Waals surface area contributed by atoms with Gasteiger partial charge in [-0.15, -0.1) is 0 Å². The third kappa shape index (κ3) is 2.92. The fraction of sp³-hybridized carbons (Fsp3) is 0.462. The maximum Gasteiger partial charge on any atom is 0.256 e. The Morgan fingerprint density at radius 2 is 2.00 bits per heavy atom. The minimum Gasteiger partial charge on any atom is -0.399 e. The Morgan fingerprint density at radius 3 is 2.50 bits per heavy atom. The molecule has 1 aromatic carbocycles. The lowest BCUT2D eigenvalue weighted by molar-refractivity contribution is 0.0683. The van der Waals surface area contributed by atoms with Crippen LogP contribution in [0.4, 0.5) is 11.4 Å². The Bertz CT molecular complexity index is 432. The van der Waals surface area contributed by atoms with E-state index < -0.39 is 0 Å². The smallest absolute Gasteiger partial charge is 0.256 e. The topological polar surface area (TPSA) is 69.8 Å². The van der Waals surface area contributed by atoms with Gasteiger partial charge in [-0.2, -0.15) is 0 Å². The average molecular weight is 251 g/mol. The van der Waals surface area contributed by atoms with Crippen LogP contribution >= 0.6 is 0 Å². The molecule has 100 valence electrons. The molecular formula is C13H21N3O2. The van der Waals surface area contributed by atoms with E-state index in [1.165, 1.54) is 4.90 Å². The third-order valence-electron chi connectivity index (χ3n) is 2.98. The van der Waals surface area contributed by atoms with Crippen molar-refractivity contribution >= 4 is 17.3 Å². The first-order valence-corrected chi connectivity index (χ1v) is 5.83. The predicted molar refractivity (Wildman–Crippen MR) is 73.8 cm³/mol. The fourth-order valence-electron chi connectivity index (χ4n) is 1.63. The number of nitrogens with two attached hydrogens (primary N) is 1. The van der Waals surface area contributed by atoms with Gasteiger partial charge < -0.3 is 20.6 Å². The Kier molecular flexibility index (Phi) is 4.55. The molecule has 0 aromatic heterocycles. The summed E-state index contributed by atoms with van der Waals surface area (Å²) in [4.78, 5) is 15.7. The van der Waals surface area contributed by atoms with Gasteiger partial charge in [0.1, 0.15) is 0 Å². The van der Waals surface area contributed by atoms with E-state index >= 15 is 0 Å². The van der Waals surface area contributed by atoms with Gasteiger partial charge in [-0.25, -0.2) is 0 Å². The van der Waals surface area contributed by atoms with Crippen molar-refractivity contribution in [2.24, 2.45) is 0 Å². The SMILES string of the molecule is CC(CO)N(C)C(=O)c1cc(N)ccc1N(C)C. The molecule has 0 spiro atoms. The molecule has 1 unspecified atom stereocenters. The molecule has 0 bridgehead atoms. The molecule has 1 aromatic rings. The molecule has 0 fully saturated rings. The Labute approximate surface area is 108 Å². The molecule has 5 heteroatoms. The number of carbonyl (C=O) groups excluding carboxylic acids is 1. The molecule has 0 heterocycles. The number of hydrogen-bond acceptors (Lipinski definition) is 4. The van der Waals surface area contributed by atoms with E-state index in [0.717, 1.165) is 5.69 Å². The van der Waals surface area contributed by atoms with Gasteiger partial charge in [0.2, 0.25) is 0 Å². The van der Waals surface area contributed by atoms with Crippen molar-refractivity contribution in [2.75, 3.05) is 38.4 Å². The van der Waals surface area contributed by atoms with Crippen LogP contribution in [0.15, 0.2) is 18.2 Å². The van der Waals surface area contributed by atoms with Gasteiger partial charge in [0.15, 0.2) is 0 Å². The van der Waals surface area contributed by atoms with Crippen LogP contribution in [0.2, 0.25) is 0 Å². The van der Waals surface area contributed by atoms with Crippen LogP contribution in [0.5, 0.6) is 0 Å². The Morgan fingerprint density at radius 1 is 1.39 bits per heavy atom. The van der Waals surface area contributed by atoms with Crippen LogP contribution in [0, 0.1) is 0 Å². The largest absolute Gasteiger partial charge is 0.399 e. The van der Waals surface area contributed by atoms with E-state index in [2.05, 4.69) is 0 Å². The summed E-state index contributed by atoms with van der Waals surface area (Å²) in [6, 6.07) is 5.02. The molecule has 1 amide bonds. The van der Waals surface area contributed by atoms with Crippen LogP contribution in [-0.2, 0) is 0 Å². The van der Waals surface area contributed by atoms with Gasteiger partial charge in [0.05, 0.1) is 18.2 Å². The van der Waals surface area contributed by atoms with Crippen molar-refractivity contribution in [3.63, 3.8) is 0 Å². The van der Waals surface area contributed by atoms with E-state index in [1.807, 2.05) is 25.1 Å². The number of aliphatic hydroxyl groups is 1. The minimum atomic E-state index is -0.228. The van der Waals surface area contributed by atoms with Crippen LogP contribution in [0.1, 0.15) is 17.3 Å². The van der Waals surface area contributed by atoms with Gasteiger partial charge in [0.25, 0.3) is 5.91 Å². The summed E-state index contributed by atoms with van der Waals surface area (Å²) in [6.45, 7) is 1.72. The molecule has 1 rings (SSSR count). The average Bonchev–Trinajstić information content (AvgIpc) is 2.35. The quantitative estimate of drug-likeness (QED) is 0.776. The Hall–Kier alpha value is -1.75. The number of hydrogen-bond donors (Lipinski definition) is 2. The lowest BCUT2D eigenvalue weighted by Gasteiger charge is -2.26. The van der Waals surface area contributed by atoms with Crippen LogP contribution in [-0.4, -0.2) is 49.7 Å². The van der Waals surface area contributed by atoms with Gasteiger partial charge in [-0.05, 0) is 25.1 Å². The second-order valence-electron chi connectivity index (χ2n) is 4.62. The summed E-state index contributed by atoms with van der Waals surface area (Å²) >= 11 is 0. The second-order valence-corrected chi connectivity index (χ2v) is 4.62. The number of nitrogens with zero attached hydrogens (tertiary/aromatic N) is 2. The van der Waals surface area contributed by atoms with Gasteiger partial charge >= 0.3 is 0 Å². The van der Waals surface area contributed by atoms with Crippen molar-refractivity contribution in [1.82, 2.24) is 4.90 Å². The molecule has 0 aliphatic carbocycles. The lowest BCUT2D eigenvalue weighted by atomic mass is 10.1. The highest BCUT2D eigenvalue weighted by molar-refractivity contribution is 6.00. The van der Waals surface area contributed by atoms with Crippen LogP contribution in [0.3, 0.4) is 0 Å². The van der Waals surface area contributed by atoms with E-state index in [9.17, 15) is 4.79 Å². The van der Waals surface area contributed by atoms with Crippen molar-refractivity contribution in [2.45, 2.75) is 13.0 Å². The molecule has 1 atom stereocenters. The maximum absolute atomic E-state index is 12.4. The summed E-state index contributed by atoms with van der Waals surface area (Å²) in [5.41, 5.74) is 7.64. The molecule has 0 saturated heterocycles. The van der Waals surface area contributed by atoms with E-state index in [0.29, 0.717) is 11.3 Å². The molecule has 18 heavy (non-hydrogen) atoms. The highest BCUT2D eigenvalue weighted by Gasteiger charge is 2.20. The molecule has 5 nitrogen and oxygen atoms in total. The molecular weight excluding hydrogens is 230 g/mol. The first-order chi connectivity index (χ1) is 8.38. The zero-order valence-corrected chi connectivity index (χ0v) is 11.3. The van der Waals surface area contributed by atoms with Crippen LogP contribution in [0.25, 0.3) is 0 Å². The zero-order chi connectivity index (χ0) is 13.9. The minimum absolute atomic E-state index is 0.0676. The number of amides is 1. The van der Waals surface area contributed by atoms with Crippen molar-refractivity contribution in [1.29, 1.82) is 0 Å². The number of nitrogen functional groups attached to an aromatic ring is 1. The molecule has 0 saturated carbocycles. The monoisotopic (exact) mass is 251 g/mol. The first kappa shape index (κ1) is 14.3. The Balaban J connectivity index is 3.15. The summed E-state index contributed by atoms with van der Waals surface area (Å²) < 4.78 is 0. The third-order valence-corrected chi connectivity index (χ3v) is 2.98. The van der Waals surface area contributed by atoms with Gasteiger partial charge in [-0.1, -0.05) is 0 Å². The predicted octanol–water partition coefficient (Wildman–Crippen LogP) is 0.788. The van der Waals surface area contributed by atoms with E-state index in [-0.39, 0.29) is 18.6 Å². The molecule has 0 aliphatic rings. The van der Waals surface area contributed by atoms with E-state index in [1.54, 1.807) is 26.1 Å². The van der Waals surface area contributed by atoms with Gasteiger partial charge in [-0.3, -0.25) is 4.79 Å². The fourth-order valence-corrected chi connectivity index (χ4v) is 1.63. The number of aliphatic hydroxyl groups excluding tert-OH is 1. The highest BCUT2D eigenvalue weighted by Crippen LogP contribution is 2.23. The van der Waals surface area contributed by atoms with Crippen molar-refractivity contribution in [3.8, 4) is 0 Å². The zero-order valence-electron chi connectivity index (χ0n) is 11.3.